The quantitative estimate of drug-likeness (QED) is 0.174. The van der Waals surface area contributed by atoms with Gasteiger partial charge in [0, 0.05) is 0 Å². The van der Waals surface area contributed by atoms with Gasteiger partial charge in [0.1, 0.15) is 60.7 Å². The summed E-state index contributed by atoms with van der Waals surface area (Å²) in [4.78, 5) is 0. The third-order valence-corrected chi connectivity index (χ3v) is 5.67. The van der Waals surface area contributed by atoms with Crippen molar-refractivity contribution in [2.75, 3.05) is 19.8 Å². The SMILES string of the molecule is OC[C@H]1O[C@@H](OC[C@H](O[C@@H]2O[C@H](CO)[C@@H](O)[C@H](O)[C@H]2O)c2ccc(O)cc2)[C@H](O)[C@@H](O)[C@@H]1O. The van der Waals surface area contributed by atoms with Crippen LogP contribution >= 0.6 is 0 Å². The molecular weight excluding hydrogens is 448 g/mol. The van der Waals surface area contributed by atoms with E-state index in [-0.39, 0.29) is 12.4 Å². The van der Waals surface area contributed by atoms with Crippen LogP contribution in [0.3, 0.4) is 0 Å². The number of rotatable bonds is 8. The number of hydrogen-bond donors (Lipinski definition) is 9. The van der Waals surface area contributed by atoms with E-state index >= 15 is 0 Å². The average Bonchev–Trinajstić information content (AvgIpc) is 2.81. The van der Waals surface area contributed by atoms with E-state index in [1.54, 1.807) is 0 Å². The van der Waals surface area contributed by atoms with Crippen molar-refractivity contribution < 1.29 is 64.9 Å². The zero-order valence-corrected chi connectivity index (χ0v) is 17.4. The maximum atomic E-state index is 10.3. The molecule has 2 aliphatic heterocycles. The lowest BCUT2D eigenvalue weighted by molar-refractivity contribution is -0.329. The zero-order valence-electron chi connectivity index (χ0n) is 17.4. The Morgan fingerprint density at radius 2 is 1.18 bits per heavy atom. The number of aromatic hydroxyl groups is 1. The Morgan fingerprint density at radius 3 is 1.70 bits per heavy atom. The van der Waals surface area contributed by atoms with Gasteiger partial charge < -0.3 is 64.9 Å². The van der Waals surface area contributed by atoms with Crippen LogP contribution in [-0.2, 0) is 18.9 Å². The molecule has 0 unspecified atom stereocenters. The minimum Gasteiger partial charge on any atom is -0.508 e. The van der Waals surface area contributed by atoms with Gasteiger partial charge in [0.05, 0.1) is 19.8 Å². The molecule has 0 bridgehead atoms. The van der Waals surface area contributed by atoms with Crippen LogP contribution in [0.15, 0.2) is 24.3 Å². The van der Waals surface area contributed by atoms with Crippen LogP contribution in [0, 0.1) is 0 Å². The van der Waals surface area contributed by atoms with Crippen molar-refractivity contribution in [1.29, 1.82) is 0 Å². The highest BCUT2D eigenvalue weighted by atomic mass is 16.7. The Balaban J connectivity index is 1.76. The lowest BCUT2D eigenvalue weighted by atomic mass is 9.99. The normalized spacial score (nSPS) is 40.5. The van der Waals surface area contributed by atoms with Crippen LogP contribution in [-0.4, -0.2) is 127 Å². The Kier molecular flexibility index (Phi) is 8.96. The third-order valence-electron chi connectivity index (χ3n) is 5.67. The first kappa shape index (κ1) is 26.2. The number of phenols is 1. The second kappa shape index (κ2) is 11.3. The molecular formula is C20H30O13. The minimum atomic E-state index is -1.69. The summed E-state index contributed by atoms with van der Waals surface area (Å²) in [6, 6.07) is 5.65. The molecule has 1 aromatic carbocycles. The molecule has 33 heavy (non-hydrogen) atoms. The van der Waals surface area contributed by atoms with Crippen molar-refractivity contribution in [3.8, 4) is 5.75 Å². The first-order chi connectivity index (χ1) is 15.7. The van der Waals surface area contributed by atoms with Gasteiger partial charge in [-0.3, -0.25) is 0 Å². The summed E-state index contributed by atoms with van der Waals surface area (Å²) >= 11 is 0. The highest BCUT2D eigenvalue weighted by molar-refractivity contribution is 5.27. The lowest BCUT2D eigenvalue weighted by Gasteiger charge is -2.42. The molecule has 0 amide bonds. The standard InChI is InChI=1S/C20H30O13/c21-5-10-13(24)15(26)17(28)19(31-10)30-7-12(8-1-3-9(23)4-2-8)33-20-18(29)16(27)14(25)11(6-22)32-20/h1-4,10-29H,5-7H2/t10-,11-,12+,13-,14-,15+,16+,17-,18-,19-,20+/m1/s1. The van der Waals surface area contributed by atoms with Crippen LogP contribution < -0.4 is 0 Å². The predicted molar refractivity (Wildman–Crippen MR) is 105 cm³/mol. The van der Waals surface area contributed by atoms with Gasteiger partial charge in [-0.1, -0.05) is 12.1 Å². The summed E-state index contributed by atoms with van der Waals surface area (Å²) in [5.74, 6) is -0.0415. The molecule has 2 saturated heterocycles. The zero-order chi connectivity index (χ0) is 24.3. The van der Waals surface area contributed by atoms with Crippen LogP contribution in [0.4, 0.5) is 0 Å². The van der Waals surface area contributed by atoms with E-state index < -0.39 is 80.7 Å². The van der Waals surface area contributed by atoms with E-state index in [2.05, 4.69) is 0 Å². The van der Waals surface area contributed by atoms with Crippen molar-refractivity contribution in [2.45, 2.75) is 67.5 Å². The lowest BCUT2D eigenvalue weighted by Crippen LogP contribution is -2.60. The molecule has 188 valence electrons. The van der Waals surface area contributed by atoms with Crippen molar-refractivity contribution in [2.24, 2.45) is 0 Å². The van der Waals surface area contributed by atoms with Crippen molar-refractivity contribution >= 4 is 0 Å². The number of ether oxygens (including phenoxy) is 4. The van der Waals surface area contributed by atoms with Gasteiger partial charge in [-0.2, -0.15) is 0 Å². The predicted octanol–water partition coefficient (Wildman–Crippen LogP) is -3.93. The molecule has 11 atom stereocenters. The molecule has 13 nitrogen and oxygen atoms in total. The van der Waals surface area contributed by atoms with Gasteiger partial charge in [-0.05, 0) is 17.7 Å². The molecule has 2 heterocycles. The van der Waals surface area contributed by atoms with Gasteiger partial charge in [0.15, 0.2) is 12.6 Å². The van der Waals surface area contributed by atoms with E-state index in [1.165, 1.54) is 24.3 Å². The molecule has 2 aliphatic rings. The Morgan fingerprint density at radius 1 is 0.697 bits per heavy atom. The Bertz CT molecular complexity index is 729. The first-order valence-electron chi connectivity index (χ1n) is 10.3. The molecule has 0 saturated carbocycles. The van der Waals surface area contributed by atoms with E-state index in [9.17, 15) is 46.0 Å². The molecule has 0 aromatic heterocycles. The second-order valence-electron chi connectivity index (χ2n) is 7.94. The molecule has 0 spiro atoms. The number of phenolic OH excluding ortho intramolecular Hbond substituents is 1. The molecule has 2 fully saturated rings. The monoisotopic (exact) mass is 478 g/mol. The summed E-state index contributed by atoms with van der Waals surface area (Å²) in [7, 11) is 0. The van der Waals surface area contributed by atoms with Gasteiger partial charge in [0.25, 0.3) is 0 Å². The fourth-order valence-corrected chi connectivity index (χ4v) is 3.63. The minimum absolute atomic E-state index is 0.0415. The fraction of sp³-hybridized carbons (Fsp3) is 0.700. The highest BCUT2D eigenvalue weighted by Crippen LogP contribution is 2.30. The Labute approximate surface area is 188 Å². The first-order valence-corrected chi connectivity index (χ1v) is 10.3. The van der Waals surface area contributed by atoms with Gasteiger partial charge in [0.2, 0.25) is 0 Å². The molecule has 3 rings (SSSR count). The van der Waals surface area contributed by atoms with Crippen LogP contribution in [0.5, 0.6) is 5.75 Å². The van der Waals surface area contributed by atoms with Crippen molar-refractivity contribution in [1.82, 2.24) is 0 Å². The maximum absolute atomic E-state index is 10.3. The van der Waals surface area contributed by atoms with Gasteiger partial charge in [-0.25, -0.2) is 0 Å². The molecule has 0 aliphatic carbocycles. The molecule has 0 radical (unpaired) electrons. The molecule has 13 heteroatoms. The van der Waals surface area contributed by atoms with Crippen LogP contribution in [0.2, 0.25) is 0 Å². The Hall–Kier alpha value is -1.46. The van der Waals surface area contributed by atoms with E-state index in [4.69, 9.17) is 18.9 Å². The third kappa shape index (κ3) is 5.79. The number of aliphatic hydroxyl groups is 8. The summed E-state index contributed by atoms with van der Waals surface area (Å²) < 4.78 is 21.9. The number of aliphatic hydroxyl groups excluding tert-OH is 8. The summed E-state index contributed by atoms with van der Waals surface area (Å²) in [5, 5.41) is 88.4. The second-order valence-corrected chi connectivity index (χ2v) is 7.94. The summed E-state index contributed by atoms with van der Waals surface area (Å²) in [5.41, 5.74) is 0.411. The topological polar surface area (TPSA) is 219 Å². The molecule has 1 aromatic rings. The number of benzene rings is 1. The largest absolute Gasteiger partial charge is 0.508 e. The van der Waals surface area contributed by atoms with Crippen LogP contribution in [0.1, 0.15) is 11.7 Å². The molecule has 9 N–H and O–H groups in total. The smallest absolute Gasteiger partial charge is 0.187 e. The summed E-state index contributed by atoms with van der Waals surface area (Å²) in [6.45, 7) is -1.67. The van der Waals surface area contributed by atoms with Gasteiger partial charge in [-0.15, -0.1) is 0 Å². The maximum Gasteiger partial charge on any atom is 0.187 e. The van der Waals surface area contributed by atoms with Crippen LogP contribution in [0.25, 0.3) is 0 Å². The average molecular weight is 478 g/mol. The van der Waals surface area contributed by atoms with E-state index in [1.807, 2.05) is 0 Å². The summed E-state index contributed by atoms with van der Waals surface area (Å²) in [6.07, 6.45) is -16.2. The highest BCUT2D eigenvalue weighted by Gasteiger charge is 2.46. The fourth-order valence-electron chi connectivity index (χ4n) is 3.63. The van der Waals surface area contributed by atoms with E-state index in [0.29, 0.717) is 5.56 Å². The van der Waals surface area contributed by atoms with E-state index in [0.717, 1.165) is 0 Å². The van der Waals surface area contributed by atoms with Gasteiger partial charge >= 0.3 is 0 Å². The van der Waals surface area contributed by atoms with Crippen molar-refractivity contribution in [3.05, 3.63) is 29.8 Å². The number of hydrogen-bond acceptors (Lipinski definition) is 13. The van der Waals surface area contributed by atoms with Crippen molar-refractivity contribution in [3.63, 3.8) is 0 Å².